The summed E-state index contributed by atoms with van der Waals surface area (Å²) in [4.78, 5) is 15.0. The van der Waals surface area contributed by atoms with Gasteiger partial charge in [0.25, 0.3) is 5.91 Å². The summed E-state index contributed by atoms with van der Waals surface area (Å²) in [7, 11) is 0. The molecule has 5 nitrogen and oxygen atoms in total. The SMILES string of the molecule is C[C@@H]1CN(C(=S)c2ccc(OCC(=O)Nc3ccccc3Cl)cc2)C[C@@H](C)O1. The van der Waals surface area contributed by atoms with Crippen LogP contribution in [0.5, 0.6) is 5.75 Å². The summed E-state index contributed by atoms with van der Waals surface area (Å²) < 4.78 is 11.3. The van der Waals surface area contributed by atoms with E-state index in [0.717, 1.165) is 23.6 Å². The monoisotopic (exact) mass is 418 g/mol. The molecule has 0 saturated carbocycles. The van der Waals surface area contributed by atoms with Crippen LogP contribution in [0.15, 0.2) is 48.5 Å². The molecule has 1 fully saturated rings. The molecule has 0 bridgehead atoms. The Morgan fingerprint density at radius 3 is 2.46 bits per heavy atom. The lowest BCUT2D eigenvalue weighted by atomic mass is 10.1. The minimum atomic E-state index is -0.274. The first kappa shape index (κ1) is 20.6. The average molecular weight is 419 g/mol. The van der Waals surface area contributed by atoms with Gasteiger partial charge in [-0.25, -0.2) is 0 Å². The maximum atomic E-state index is 12.0. The molecule has 1 heterocycles. The van der Waals surface area contributed by atoms with Gasteiger partial charge in [-0.2, -0.15) is 0 Å². The van der Waals surface area contributed by atoms with Crippen LogP contribution in [0.2, 0.25) is 5.02 Å². The molecule has 0 aromatic heterocycles. The molecule has 1 amide bonds. The molecule has 28 heavy (non-hydrogen) atoms. The normalized spacial score (nSPS) is 19.2. The van der Waals surface area contributed by atoms with Gasteiger partial charge in [-0.1, -0.05) is 36.0 Å². The van der Waals surface area contributed by atoms with Crippen molar-refractivity contribution in [3.8, 4) is 5.75 Å². The molecule has 1 aliphatic rings. The molecule has 7 heteroatoms. The van der Waals surface area contributed by atoms with Gasteiger partial charge < -0.3 is 19.7 Å². The average Bonchev–Trinajstić information content (AvgIpc) is 2.67. The molecule has 1 saturated heterocycles. The quantitative estimate of drug-likeness (QED) is 0.739. The van der Waals surface area contributed by atoms with E-state index in [0.29, 0.717) is 16.5 Å². The third-order valence-corrected chi connectivity index (χ3v) is 5.15. The molecular formula is C21H23ClN2O3S. The summed E-state index contributed by atoms with van der Waals surface area (Å²) in [6.45, 7) is 5.56. The summed E-state index contributed by atoms with van der Waals surface area (Å²) in [5.74, 6) is 0.327. The number of benzene rings is 2. The maximum Gasteiger partial charge on any atom is 0.262 e. The molecule has 0 spiro atoms. The van der Waals surface area contributed by atoms with Gasteiger partial charge in [-0.05, 0) is 50.2 Å². The highest BCUT2D eigenvalue weighted by Crippen LogP contribution is 2.21. The summed E-state index contributed by atoms with van der Waals surface area (Å²) in [5, 5.41) is 3.21. The fraction of sp³-hybridized carbons (Fsp3) is 0.333. The van der Waals surface area contributed by atoms with Gasteiger partial charge in [0.05, 0.1) is 22.9 Å². The molecule has 148 valence electrons. The van der Waals surface area contributed by atoms with Crippen LogP contribution in [0, 0.1) is 0 Å². The van der Waals surface area contributed by atoms with E-state index in [1.807, 2.05) is 24.3 Å². The topological polar surface area (TPSA) is 50.8 Å². The zero-order chi connectivity index (χ0) is 20.1. The van der Waals surface area contributed by atoms with Gasteiger partial charge in [-0.15, -0.1) is 0 Å². The molecular weight excluding hydrogens is 396 g/mol. The van der Waals surface area contributed by atoms with Crippen LogP contribution < -0.4 is 10.1 Å². The minimum Gasteiger partial charge on any atom is -0.484 e. The van der Waals surface area contributed by atoms with E-state index in [1.54, 1.807) is 24.3 Å². The van der Waals surface area contributed by atoms with E-state index in [4.69, 9.17) is 33.3 Å². The Morgan fingerprint density at radius 2 is 1.82 bits per heavy atom. The van der Waals surface area contributed by atoms with E-state index in [2.05, 4.69) is 24.1 Å². The second kappa shape index (κ2) is 9.37. The zero-order valence-electron chi connectivity index (χ0n) is 15.9. The summed E-state index contributed by atoms with van der Waals surface area (Å²) >= 11 is 11.7. The molecule has 0 unspecified atom stereocenters. The lowest BCUT2D eigenvalue weighted by Gasteiger charge is -2.37. The fourth-order valence-electron chi connectivity index (χ4n) is 3.12. The van der Waals surface area contributed by atoms with Crippen molar-refractivity contribution in [3.05, 3.63) is 59.1 Å². The predicted molar refractivity (Wildman–Crippen MR) is 115 cm³/mol. The fourth-order valence-corrected chi connectivity index (χ4v) is 3.59. The van der Waals surface area contributed by atoms with Gasteiger partial charge >= 0.3 is 0 Å². The number of morpholine rings is 1. The van der Waals surface area contributed by atoms with Crippen molar-refractivity contribution in [3.63, 3.8) is 0 Å². The Balaban J connectivity index is 1.53. The van der Waals surface area contributed by atoms with Crippen LogP contribution in [0.3, 0.4) is 0 Å². The van der Waals surface area contributed by atoms with Crippen LogP contribution in [0.25, 0.3) is 0 Å². The number of nitrogens with one attached hydrogen (secondary N) is 1. The molecule has 2 atom stereocenters. The van der Waals surface area contributed by atoms with Crippen LogP contribution >= 0.6 is 23.8 Å². The predicted octanol–water partition coefficient (Wildman–Crippen LogP) is 4.14. The standard InChI is InChI=1S/C21H23ClN2O3S/c1-14-11-24(12-15(2)27-14)21(28)16-7-9-17(10-8-16)26-13-20(25)23-19-6-4-3-5-18(19)22/h3-10,14-15H,11-13H2,1-2H3,(H,23,25)/t14-,15-/m1/s1. The first-order valence-corrected chi connectivity index (χ1v) is 9.93. The van der Waals surface area contributed by atoms with Crippen LogP contribution in [0.1, 0.15) is 19.4 Å². The van der Waals surface area contributed by atoms with Gasteiger partial charge in [0.2, 0.25) is 0 Å². The van der Waals surface area contributed by atoms with Crippen LogP contribution in [-0.4, -0.2) is 47.7 Å². The van der Waals surface area contributed by atoms with Crippen molar-refractivity contribution < 1.29 is 14.3 Å². The number of carbonyl (C=O) groups is 1. The zero-order valence-corrected chi connectivity index (χ0v) is 17.4. The van der Waals surface area contributed by atoms with Crippen LogP contribution in [-0.2, 0) is 9.53 Å². The van der Waals surface area contributed by atoms with E-state index in [9.17, 15) is 4.79 Å². The maximum absolute atomic E-state index is 12.0. The van der Waals surface area contributed by atoms with Crippen molar-refractivity contribution >= 4 is 40.4 Å². The van der Waals surface area contributed by atoms with E-state index in [-0.39, 0.29) is 24.7 Å². The van der Waals surface area contributed by atoms with E-state index < -0.39 is 0 Å². The molecule has 2 aromatic carbocycles. The largest absolute Gasteiger partial charge is 0.484 e. The number of halogens is 1. The van der Waals surface area contributed by atoms with Gasteiger partial charge in [0.1, 0.15) is 10.7 Å². The van der Waals surface area contributed by atoms with Crippen molar-refractivity contribution in [1.82, 2.24) is 4.90 Å². The lowest BCUT2D eigenvalue weighted by molar-refractivity contribution is -0.118. The number of thiocarbonyl (C=S) groups is 1. The molecule has 0 radical (unpaired) electrons. The Labute approximate surface area is 175 Å². The Bertz CT molecular complexity index is 834. The second-order valence-electron chi connectivity index (χ2n) is 6.81. The van der Waals surface area contributed by atoms with Crippen molar-refractivity contribution in [2.24, 2.45) is 0 Å². The molecule has 3 rings (SSSR count). The van der Waals surface area contributed by atoms with Gasteiger partial charge in [0, 0.05) is 18.7 Å². The number of anilines is 1. The molecule has 1 N–H and O–H groups in total. The van der Waals surface area contributed by atoms with E-state index in [1.165, 1.54) is 0 Å². The summed E-state index contributed by atoms with van der Waals surface area (Å²) in [5.41, 5.74) is 1.51. The highest BCUT2D eigenvalue weighted by atomic mass is 35.5. The molecule has 0 aliphatic carbocycles. The number of hydrogen-bond acceptors (Lipinski definition) is 4. The number of hydrogen-bond donors (Lipinski definition) is 1. The molecule has 1 aliphatic heterocycles. The lowest BCUT2D eigenvalue weighted by Crippen LogP contribution is -2.47. The molecule has 2 aromatic rings. The van der Waals surface area contributed by atoms with Crippen molar-refractivity contribution in [2.75, 3.05) is 25.0 Å². The van der Waals surface area contributed by atoms with Gasteiger partial charge in [0.15, 0.2) is 6.61 Å². The van der Waals surface area contributed by atoms with Crippen molar-refractivity contribution in [2.45, 2.75) is 26.1 Å². The minimum absolute atomic E-state index is 0.104. The summed E-state index contributed by atoms with van der Waals surface area (Å²) in [6.07, 6.45) is 0.307. The number of nitrogens with zero attached hydrogens (tertiary/aromatic N) is 1. The summed E-state index contributed by atoms with van der Waals surface area (Å²) in [6, 6.07) is 14.5. The highest BCUT2D eigenvalue weighted by Gasteiger charge is 2.24. The third kappa shape index (κ3) is 5.44. The van der Waals surface area contributed by atoms with Crippen LogP contribution in [0.4, 0.5) is 5.69 Å². The third-order valence-electron chi connectivity index (χ3n) is 4.33. The highest BCUT2D eigenvalue weighted by molar-refractivity contribution is 7.80. The number of ether oxygens (including phenoxy) is 2. The number of rotatable bonds is 5. The Kier molecular flexibility index (Phi) is 6.88. The smallest absolute Gasteiger partial charge is 0.262 e. The van der Waals surface area contributed by atoms with Gasteiger partial charge in [-0.3, -0.25) is 4.79 Å². The first-order valence-electron chi connectivity index (χ1n) is 9.14. The first-order chi connectivity index (χ1) is 13.4. The number of amides is 1. The number of para-hydroxylation sites is 1. The Hall–Kier alpha value is -2.15. The van der Waals surface area contributed by atoms with Crippen molar-refractivity contribution in [1.29, 1.82) is 0 Å². The second-order valence-corrected chi connectivity index (χ2v) is 7.60. The van der Waals surface area contributed by atoms with E-state index >= 15 is 0 Å². The Morgan fingerprint density at radius 1 is 1.18 bits per heavy atom. The number of carbonyl (C=O) groups excluding carboxylic acids is 1.